The summed E-state index contributed by atoms with van der Waals surface area (Å²) in [5.41, 5.74) is 1.07. The van der Waals surface area contributed by atoms with Gasteiger partial charge in [0.2, 0.25) is 5.91 Å². The predicted octanol–water partition coefficient (Wildman–Crippen LogP) is 1.50. The lowest BCUT2D eigenvalue weighted by atomic mass is 10.1. The molecule has 1 aromatic carbocycles. The van der Waals surface area contributed by atoms with E-state index in [1.54, 1.807) is 11.9 Å². The highest BCUT2D eigenvalue weighted by atomic mass is 16.2. The Labute approximate surface area is 119 Å². The Morgan fingerprint density at radius 1 is 1.35 bits per heavy atom. The highest BCUT2D eigenvalue weighted by Gasteiger charge is 2.23. The van der Waals surface area contributed by atoms with Crippen molar-refractivity contribution >= 4 is 11.9 Å². The average Bonchev–Trinajstić information content (AvgIpc) is 2.65. The van der Waals surface area contributed by atoms with Crippen LogP contribution in [0.25, 0.3) is 0 Å². The van der Waals surface area contributed by atoms with Crippen molar-refractivity contribution in [2.24, 2.45) is 0 Å². The van der Waals surface area contributed by atoms with Gasteiger partial charge in [0.1, 0.15) is 6.04 Å². The molecule has 1 aromatic rings. The molecule has 108 valence electrons. The van der Waals surface area contributed by atoms with Crippen LogP contribution in [0.15, 0.2) is 30.3 Å². The maximum Gasteiger partial charge on any atom is 0.318 e. The second-order valence-corrected chi connectivity index (χ2v) is 5.13. The smallest absolute Gasteiger partial charge is 0.318 e. The SMILES string of the molecule is CN(Cc1ccccc1)C(=O)NC1CCCCNC1=O. The summed E-state index contributed by atoms with van der Waals surface area (Å²) in [7, 11) is 1.73. The van der Waals surface area contributed by atoms with Crippen LogP contribution in [-0.4, -0.2) is 36.5 Å². The molecule has 1 fully saturated rings. The lowest BCUT2D eigenvalue weighted by molar-refractivity contribution is -0.122. The Morgan fingerprint density at radius 2 is 2.10 bits per heavy atom. The Kier molecular flexibility index (Phi) is 4.98. The van der Waals surface area contributed by atoms with Crippen LogP contribution in [-0.2, 0) is 11.3 Å². The summed E-state index contributed by atoms with van der Waals surface area (Å²) in [6.45, 7) is 1.23. The van der Waals surface area contributed by atoms with Crippen molar-refractivity contribution in [2.75, 3.05) is 13.6 Å². The highest BCUT2D eigenvalue weighted by molar-refractivity contribution is 5.87. The molecular weight excluding hydrogens is 254 g/mol. The molecule has 1 aliphatic heterocycles. The van der Waals surface area contributed by atoms with E-state index < -0.39 is 6.04 Å². The van der Waals surface area contributed by atoms with E-state index in [1.807, 2.05) is 30.3 Å². The molecule has 1 atom stereocenters. The topological polar surface area (TPSA) is 61.4 Å². The lowest BCUT2D eigenvalue weighted by Crippen LogP contribution is -2.49. The van der Waals surface area contributed by atoms with Crippen molar-refractivity contribution in [3.8, 4) is 0 Å². The van der Waals surface area contributed by atoms with E-state index in [1.165, 1.54) is 0 Å². The zero-order valence-electron chi connectivity index (χ0n) is 11.8. The third-order valence-electron chi connectivity index (χ3n) is 3.44. The number of nitrogens with one attached hydrogen (secondary N) is 2. The fourth-order valence-electron chi connectivity index (χ4n) is 2.27. The largest absolute Gasteiger partial charge is 0.354 e. The number of hydrogen-bond donors (Lipinski definition) is 2. The first-order valence-electron chi connectivity index (χ1n) is 7.00. The molecule has 5 heteroatoms. The minimum atomic E-state index is -0.414. The Balaban J connectivity index is 1.88. The highest BCUT2D eigenvalue weighted by Crippen LogP contribution is 2.07. The maximum atomic E-state index is 12.1. The van der Waals surface area contributed by atoms with Gasteiger partial charge in [-0.05, 0) is 24.8 Å². The molecule has 2 N–H and O–H groups in total. The second kappa shape index (κ2) is 6.93. The van der Waals surface area contributed by atoms with Crippen molar-refractivity contribution in [3.05, 3.63) is 35.9 Å². The summed E-state index contributed by atoms with van der Waals surface area (Å²) in [4.78, 5) is 25.5. The standard InChI is InChI=1S/C15H21N3O2/c1-18(11-12-7-3-2-4-8-12)15(20)17-13-9-5-6-10-16-14(13)19/h2-4,7-8,13H,5-6,9-11H2,1H3,(H,16,19)(H,17,20). The van der Waals surface area contributed by atoms with Crippen LogP contribution >= 0.6 is 0 Å². The van der Waals surface area contributed by atoms with Crippen LogP contribution in [0, 0.1) is 0 Å². The van der Waals surface area contributed by atoms with Crippen molar-refractivity contribution in [3.63, 3.8) is 0 Å². The van der Waals surface area contributed by atoms with Gasteiger partial charge in [-0.15, -0.1) is 0 Å². The molecule has 1 aliphatic rings. The van der Waals surface area contributed by atoms with E-state index >= 15 is 0 Å². The quantitative estimate of drug-likeness (QED) is 0.878. The number of rotatable bonds is 3. The van der Waals surface area contributed by atoms with Gasteiger partial charge in [0.05, 0.1) is 0 Å². The molecule has 0 radical (unpaired) electrons. The van der Waals surface area contributed by atoms with Gasteiger partial charge in [-0.3, -0.25) is 4.79 Å². The van der Waals surface area contributed by atoms with Crippen LogP contribution in [0.1, 0.15) is 24.8 Å². The van der Waals surface area contributed by atoms with Gasteiger partial charge in [0.25, 0.3) is 0 Å². The predicted molar refractivity (Wildman–Crippen MR) is 77.1 cm³/mol. The molecule has 0 aromatic heterocycles. The lowest BCUT2D eigenvalue weighted by Gasteiger charge is -2.22. The number of benzene rings is 1. The molecule has 3 amide bonds. The monoisotopic (exact) mass is 275 g/mol. The van der Waals surface area contributed by atoms with E-state index in [2.05, 4.69) is 10.6 Å². The first kappa shape index (κ1) is 14.4. The molecule has 1 saturated heterocycles. The van der Waals surface area contributed by atoms with E-state index in [0.717, 1.165) is 18.4 Å². The number of amides is 3. The van der Waals surface area contributed by atoms with Gasteiger partial charge < -0.3 is 15.5 Å². The summed E-state index contributed by atoms with van der Waals surface area (Å²) < 4.78 is 0. The number of nitrogens with zero attached hydrogens (tertiary/aromatic N) is 1. The van der Waals surface area contributed by atoms with Gasteiger partial charge in [0.15, 0.2) is 0 Å². The van der Waals surface area contributed by atoms with Crippen molar-refractivity contribution in [1.82, 2.24) is 15.5 Å². The number of carbonyl (C=O) groups is 2. The summed E-state index contributed by atoms with van der Waals surface area (Å²) in [5, 5.41) is 5.62. The number of urea groups is 1. The minimum Gasteiger partial charge on any atom is -0.354 e. The van der Waals surface area contributed by atoms with Gasteiger partial charge >= 0.3 is 6.03 Å². The number of hydrogen-bond acceptors (Lipinski definition) is 2. The third kappa shape index (κ3) is 3.98. The van der Waals surface area contributed by atoms with Crippen LogP contribution in [0.3, 0.4) is 0 Å². The van der Waals surface area contributed by atoms with Crippen molar-refractivity contribution in [2.45, 2.75) is 31.8 Å². The average molecular weight is 275 g/mol. The molecule has 1 unspecified atom stereocenters. The zero-order valence-corrected chi connectivity index (χ0v) is 11.8. The fourth-order valence-corrected chi connectivity index (χ4v) is 2.27. The van der Waals surface area contributed by atoms with E-state index in [9.17, 15) is 9.59 Å². The van der Waals surface area contributed by atoms with Crippen molar-refractivity contribution in [1.29, 1.82) is 0 Å². The van der Waals surface area contributed by atoms with E-state index in [-0.39, 0.29) is 11.9 Å². The van der Waals surface area contributed by atoms with Crippen molar-refractivity contribution < 1.29 is 9.59 Å². The van der Waals surface area contributed by atoms with Gasteiger partial charge in [-0.25, -0.2) is 4.79 Å². The molecule has 0 aliphatic carbocycles. The Hall–Kier alpha value is -2.04. The van der Waals surface area contributed by atoms with E-state index in [4.69, 9.17) is 0 Å². The molecular formula is C15H21N3O2. The van der Waals surface area contributed by atoms with Crippen LogP contribution in [0.5, 0.6) is 0 Å². The Morgan fingerprint density at radius 3 is 2.85 bits per heavy atom. The van der Waals surface area contributed by atoms with Gasteiger partial charge in [0, 0.05) is 20.1 Å². The first-order valence-corrected chi connectivity index (χ1v) is 7.00. The first-order chi connectivity index (χ1) is 9.66. The van der Waals surface area contributed by atoms with Gasteiger partial charge in [-0.2, -0.15) is 0 Å². The van der Waals surface area contributed by atoms with Crippen LogP contribution < -0.4 is 10.6 Å². The second-order valence-electron chi connectivity index (χ2n) is 5.13. The maximum absolute atomic E-state index is 12.1. The molecule has 0 spiro atoms. The normalized spacial score (nSPS) is 18.9. The van der Waals surface area contributed by atoms with Crippen LogP contribution in [0.4, 0.5) is 4.79 Å². The molecule has 1 heterocycles. The Bertz CT molecular complexity index is 461. The number of carbonyl (C=O) groups excluding carboxylic acids is 2. The summed E-state index contributed by atoms with van der Waals surface area (Å²) in [5.74, 6) is -0.0797. The summed E-state index contributed by atoms with van der Waals surface area (Å²) in [6, 6.07) is 9.16. The molecule has 0 bridgehead atoms. The molecule has 5 nitrogen and oxygen atoms in total. The molecule has 20 heavy (non-hydrogen) atoms. The van der Waals surface area contributed by atoms with E-state index in [0.29, 0.717) is 19.5 Å². The zero-order chi connectivity index (χ0) is 14.4. The third-order valence-corrected chi connectivity index (χ3v) is 3.44. The fraction of sp³-hybridized carbons (Fsp3) is 0.467. The molecule has 0 saturated carbocycles. The summed E-state index contributed by atoms with van der Waals surface area (Å²) >= 11 is 0. The minimum absolute atomic E-state index is 0.0797. The summed E-state index contributed by atoms with van der Waals surface area (Å²) in [6.07, 6.45) is 2.63. The van der Waals surface area contributed by atoms with Gasteiger partial charge in [-0.1, -0.05) is 30.3 Å². The van der Waals surface area contributed by atoms with Crippen LogP contribution in [0.2, 0.25) is 0 Å². The molecule has 2 rings (SSSR count).